The summed E-state index contributed by atoms with van der Waals surface area (Å²) in [5.41, 5.74) is 3.88. The molecule has 2 aromatic carbocycles. The molecule has 214 valence electrons. The van der Waals surface area contributed by atoms with Crippen LogP contribution in [0.4, 0.5) is 5.69 Å². The maximum atomic E-state index is 12.5. The van der Waals surface area contributed by atoms with Crippen molar-refractivity contribution in [2.75, 3.05) is 32.1 Å². The Hall–Kier alpha value is -4.54. The van der Waals surface area contributed by atoms with E-state index < -0.39 is 0 Å². The van der Waals surface area contributed by atoms with Gasteiger partial charge in [-0.05, 0) is 42.9 Å². The lowest BCUT2D eigenvalue weighted by atomic mass is 9.98. The Balaban J connectivity index is 1.27. The van der Waals surface area contributed by atoms with E-state index in [9.17, 15) is 9.59 Å². The van der Waals surface area contributed by atoms with Gasteiger partial charge in [0.05, 0.1) is 30.6 Å². The number of rotatable bonds is 9. The second-order valence-corrected chi connectivity index (χ2v) is 10.6. The first-order valence-corrected chi connectivity index (χ1v) is 13.8. The molecule has 0 aliphatic carbocycles. The summed E-state index contributed by atoms with van der Waals surface area (Å²) >= 11 is 0. The van der Waals surface area contributed by atoms with Gasteiger partial charge in [-0.25, -0.2) is 14.6 Å². The molecular weight excluding hydrogens is 522 g/mol. The molecule has 0 spiro atoms. The van der Waals surface area contributed by atoms with Crippen molar-refractivity contribution in [1.82, 2.24) is 29.9 Å². The molecular formula is C30H35N7O4. The highest BCUT2D eigenvalue weighted by Crippen LogP contribution is 2.36. The van der Waals surface area contributed by atoms with Crippen molar-refractivity contribution in [1.29, 1.82) is 0 Å². The third-order valence-corrected chi connectivity index (χ3v) is 7.35. The zero-order valence-electron chi connectivity index (χ0n) is 23.8. The Morgan fingerprint density at radius 2 is 1.83 bits per heavy atom. The van der Waals surface area contributed by atoms with Gasteiger partial charge in [-0.15, -0.1) is 5.10 Å². The van der Waals surface area contributed by atoms with Crippen molar-refractivity contribution < 1.29 is 19.1 Å². The molecule has 1 fully saturated rings. The van der Waals surface area contributed by atoms with E-state index in [1.165, 1.54) is 11.0 Å². The molecule has 1 aliphatic heterocycles. The lowest BCUT2D eigenvalue weighted by molar-refractivity contribution is -0.130. The average molecular weight is 558 g/mol. The number of methoxy groups -OCH3 is 1. The molecule has 0 saturated carbocycles. The monoisotopic (exact) mass is 557 g/mol. The topological polar surface area (TPSA) is 124 Å². The molecule has 5 rings (SSSR count). The number of likely N-dealkylation sites (tertiary alicyclic amines) is 1. The summed E-state index contributed by atoms with van der Waals surface area (Å²) in [6, 6.07) is 11.3. The third kappa shape index (κ3) is 6.62. The van der Waals surface area contributed by atoms with Crippen molar-refractivity contribution in [2.45, 2.75) is 46.1 Å². The van der Waals surface area contributed by atoms with E-state index in [1.54, 1.807) is 20.2 Å². The van der Waals surface area contributed by atoms with E-state index in [0.29, 0.717) is 29.7 Å². The second-order valence-electron chi connectivity index (χ2n) is 10.6. The van der Waals surface area contributed by atoms with Gasteiger partial charge in [0.25, 0.3) is 0 Å². The van der Waals surface area contributed by atoms with Crippen LogP contribution in [0.25, 0.3) is 22.2 Å². The molecule has 2 aromatic heterocycles. The largest absolute Gasteiger partial charge is 0.493 e. The molecule has 0 unspecified atom stereocenters. The number of hydrogen-bond acceptors (Lipinski definition) is 8. The standard InChI is InChI=1S/C30H35N7O4/c1-19(2)26-15-37(35-34-26)16-29(39)33-23-7-5-22(6-8-23)30-24-13-27(40-4)28(14-25(24)31-18-32-30)41-17-21-9-11-36(12-10-21)20(3)38/h5-8,13-15,18-19,21H,9-12,16-17H2,1-4H3,(H,33,39). The van der Waals surface area contributed by atoms with Gasteiger partial charge in [0.15, 0.2) is 11.5 Å². The molecule has 0 bridgehead atoms. The van der Waals surface area contributed by atoms with Crippen LogP contribution in [0.5, 0.6) is 11.5 Å². The number of carbonyl (C=O) groups is 2. The molecule has 41 heavy (non-hydrogen) atoms. The van der Waals surface area contributed by atoms with Gasteiger partial charge in [0, 0.05) is 48.9 Å². The van der Waals surface area contributed by atoms with Crippen molar-refractivity contribution in [3.05, 3.63) is 54.6 Å². The van der Waals surface area contributed by atoms with E-state index in [4.69, 9.17) is 9.47 Å². The van der Waals surface area contributed by atoms with Crippen molar-refractivity contribution in [2.24, 2.45) is 5.92 Å². The van der Waals surface area contributed by atoms with Crippen LogP contribution in [0.1, 0.15) is 45.2 Å². The molecule has 4 aromatic rings. The Morgan fingerprint density at radius 1 is 1.07 bits per heavy atom. The van der Waals surface area contributed by atoms with E-state index in [2.05, 4.69) is 25.6 Å². The number of hydrogen-bond donors (Lipinski definition) is 1. The normalized spacial score (nSPS) is 13.9. The van der Waals surface area contributed by atoms with E-state index in [0.717, 1.165) is 53.8 Å². The van der Waals surface area contributed by atoms with E-state index in [-0.39, 0.29) is 24.3 Å². The number of piperidine rings is 1. The zero-order valence-corrected chi connectivity index (χ0v) is 23.8. The van der Waals surface area contributed by atoms with Crippen LogP contribution in [0.2, 0.25) is 0 Å². The predicted octanol–water partition coefficient (Wildman–Crippen LogP) is 4.30. The summed E-state index contributed by atoms with van der Waals surface area (Å²) in [5.74, 6) is 1.79. The Kier molecular flexibility index (Phi) is 8.42. The number of carbonyl (C=O) groups excluding carboxylic acids is 2. The Labute approximate surface area is 238 Å². The molecule has 1 aliphatic rings. The van der Waals surface area contributed by atoms with Crippen molar-refractivity contribution in [3.8, 4) is 22.8 Å². The van der Waals surface area contributed by atoms with E-state index >= 15 is 0 Å². The van der Waals surface area contributed by atoms with Gasteiger partial charge < -0.3 is 19.7 Å². The second kappa shape index (κ2) is 12.3. The maximum absolute atomic E-state index is 12.5. The van der Waals surface area contributed by atoms with E-state index in [1.807, 2.05) is 55.1 Å². The van der Waals surface area contributed by atoms with Crippen LogP contribution in [0.3, 0.4) is 0 Å². The Morgan fingerprint density at radius 3 is 2.49 bits per heavy atom. The highest BCUT2D eigenvalue weighted by atomic mass is 16.5. The first-order valence-electron chi connectivity index (χ1n) is 13.8. The molecule has 11 nitrogen and oxygen atoms in total. The number of amides is 2. The number of ether oxygens (including phenoxy) is 2. The first-order chi connectivity index (χ1) is 19.8. The van der Waals surface area contributed by atoms with Gasteiger partial charge in [-0.3, -0.25) is 9.59 Å². The maximum Gasteiger partial charge on any atom is 0.246 e. The SMILES string of the molecule is COc1cc2c(-c3ccc(NC(=O)Cn4cc(C(C)C)nn4)cc3)ncnc2cc1OCC1CCN(C(C)=O)CC1. The quantitative estimate of drug-likeness (QED) is 0.323. The van der Waals surface area contributed by atoms with Crippen molar-refractivity contribution >= 4 is 28.4 Å². The molecule has 3 heterocycles. The molecule has 11 heteroatoms. The number of fused-ring (bicyclic) bond motifs is 1. The van der Waals surface area contributed by atoms with Gasteiger partial charge >= 0.3 is 0 Å². The number of nitrogens with one attached hydrogen (secondary N) is 1. The minimum Gasteiger partial charge on any atom is -0.493 e. The molecule has 0 atom stereocenters. The number of anilines is 1. The van der Waals surface area contributed by atoms with Crippen molar-refractivity contribution in [3.63, 3.8) is 0 Å². The molecule has 2 amide bonds. The molecule has 1 N–H and O–H groups in total. The fourth-order valence-corrected chi connectivity index (χ4v) is 4.90. The summed E-state index contributed by atoms with van der Waals surface area (Å²) in [7, 11) is 1.61. The van der Waals surface area contributed by atoms with Gasteiger partial charge in [-0.1, -0.05) is 31.2 Å². The fraction of sp³-hybridized carbons (Fsp3) is 0.400. The Bertz CT molecular complexity index is 1530. The van der Waals surface area contributed by atoms with Gasteiger partial charge in [0.2, 0.25) is 11.8 Å². The number of aromatic nitrogens is 5. The number of nitrogens with zero attached hydrogens (tertiary/aromatic N) is 6. The van der Waals surface area contributed by atoms with Gasteiger partial charge in [-0.2, -0.15) is 0 Å². The minimum absolute atomic E-state index is 0.0832. The number of benzene rings is 2. The lowest BCUT2D eigenvalue weighted by Gasteiger charge is -2.31. The molecule has 1 saturated heterocycles. The average Bonchev–Trinajstić information content (AvgIpc) is 3.44. The third-order valence-electron chi connectivity index (χ3n) is 7.35. The zero-order chi connectivity index (χ0) is 28.9. The predicted molar refractivity (Wildman–Crippen MR) is 155 cm³/mol. The highest BCUT2D eigenvalue weighted by Gasteiger charge is 2.22. The van der Waals surface area contributed by atoms with Crippen LogP contribution in [-0.2, 0) is 16.1 Å². The molecule has 0 radical (unpaired) electrons. The minimum atomic E-state index is -0.188. The van der Waals surface area contributed by atoms with Gasteiger partial charge in [0.1, 0.15) is 12.9 Å². The van der Waals surface area contributed by atoms with Crippen LogP contribution in [0.15, 0.2) is 48.9 Å². The van der Waals surface area contributed by atoms with Crippen LogP contribution in [0, 0.1) is 5.92 Å². The highest BCUT2D eigenvalue weighted by molar-refractivity contribution is 5.95. The van der Waals surface area contributed by atoms with Crippen LogP contribution >= 0.6 is 0 Å². The summed E-state index contributed by atoms with van der Waals surface area (Å²) in [5, 5.41) is 11.9. The summed E-state index contributed by atoms with van der Waals surface area (Å²) in [6.45, 7) is 7.83. The smallest absolute Gasteiger partial charge is 0.246 e. The summed E-state index contributed by atoms with van der Waals surface area (Å²) in [4.78, 5) is 35.0. The fourth-order valence-electron chi connectivity index (χ4n) is 4.90. The lowest BCUT2D eigenvalue weighted by Crippen LogP contribution is -2.38. The summed E-state index contributed by atoms with van der Waals surface area (Å²) in [6.07, 6.45) is 5.15. The van der Waals surface area contributed by atoms with Crippen LogP contribution < -0.4 is 14.8 Å². The summed E-state index contributed by atoms with van der Waals surface area (Å²) < 4.78 is 13.4. The van der Waals surface area contributed by atoms with Crippen LogP contribution in [-0.4, -0.2) is 68.5 Å². The first kappa shape index (κ1) is 28.0.